The second-order valence-electron chi connectivity index (χ2n) is 2.99. The van der Waals surface area contributed by atoms with Crippen molar-refractivity contribution in [2.75, 3.05) is 14.2 Å². The first-order valence-electron chi connectivity index (χ1n) is 4.73. The predicted octanol–water partition coefficient (Wildman–Crippen LogP) is 1.63. The van der Waals surface area contributed by atoms with Crippen LogP contribution in [0.3, 0.4) is 0 Å². The summed E-state index contributed by atoms with van der Waals surface area (Å²) in [5.74, 6) is 1.67. The minimum Gasteiger partial charge on any atom is -0.541 e. The smallest absolute Gasteiger partial charge is 0.293 e. The molecule has 3 nitrogen and oxygen atoms in total. The molecule has 0 aliphatic carbocycles. The Balaban J connectivity index is 2.56. The fourth-order valence-corrected chi connectivity index (χ4v) is 2.04. The largest absolute Gasteiger partial charge is 0.541 e. The molecule has 1 aromatic rings. The van der Waals surface area contributed by atoms with Crippen LogP contribution in [0, 0.1) is 0 Å². The Hall–Kier alpha value is -1.42. The van der Waals surface area contributed by atoms with Crippen molar-refractivity contribution in [1.82, 2.24) is 0 Å². The normalized spacial score (nSPS) is 12.5. The number of hydrogen-bond acceptors (Lipinski definition) is 3. The molecule has 0 spiro atoms. The lowest BCUT2D eigenvalue weighted by Gasteiger charge is -2.11. The van der Waals surface area contributed by atoms with Gasteiger partial charge in [0.1, 0.15) is 16.9 Å². The van der Waals surface area contributed by atoms with Crippen LogP contribution in [-0.2, 0) is 9.47 Å². The van der Waals surface area contributed by atoms with Crippen LogP contribution in [0.25, 0.3) is 0 Å². The van der Waals surface area contributed by atoms with Crippen LogP contribution in [0.4, 0.5) is 0 Å². The number of benzene rings is 1. The maximum Gasteiger partial charge on any atom is 0.293 e. The van der Waals surface area contributed by atoms with Gasteiger partial charge in [0.25, 0.3) is 9.76 Å². The van der Waals surface area contributed by atoms with E-state index in [2.05, 4.69) is 0 Å². The minimum atomic E-state index is -0.899. The second-order valence-corrected chi connectivity index (χ2v) is 4.21. The zero-order chi connectivity index (χ0) is 11.1. The van der Waals surface area contributed by atoms with E-state index in [9.17, 15) is 0 Å². The maximum absolute atomic E-state index is 5.66. The van der Waals surface area contributed by atoms with E-state index in [1.54, 1.807) is 14.2 Å². The van der Waals surface area contributed by atoms with E-state index >= 15 is 0 Å². The molecule has 0 saturated carbocycles. The van der Waals surface area contributed by atoms with Crippen molar-refractivity contribution < 1.29 is 13.9 Å². The van der Waals surface area contributed by atoms with Crippen molar-refractivity contribution in [3.63, 3.8) is 0 Å². The van der Waals surface area contributed by atoms with E-state index < -0.39 is 9.76 Å². The summed E-state index contributed by atoms with van der Waals surface area (Å²) in [6.07, 6.45) is 0. The van der Waals surface area contributed by atoms with Gasteiger partial charge in [-0.15, -0.1) is 0 Å². The molecule has 1 rings (SSSR count). The zero-order valence-corrected chi connectivity index (χ0v) is 10.7. The van der Waals surface area contributed by atoms with Crippen LogP contribution in [0.15, 0.2) is 41.5 Å². The van der Waals surface area contributed by atoms with Crippen molar-refractivity contribution in [3.8, 4) is 5.75 Å². The number of ether oxygens (including phenoxy) is 2. The highest BCUT2D eigenvalue weighted by molar-refractivity contribution is 6.38. The number of rotatable bonds is 5. The van der Waals surface area contributed by atoms with Crippen molar-refractivity contribution in [3.05, 3.63) is 41.5 Å². The van der Waals surface area contributed by atoms with Crippen LogP contribution in [-0.4, -0.2) is 24.0 Å². The lowest BCUT2D eigenvalue weighted by atomic mass is 10.3. The first-order chi connectivity index (χ1) is 7.27. The van der Waals surface area contributed by atoms with E-state index in [1.807, 2.05) is 37.3 Å². The molecule has 0 bridgehead atoms. The van der Waals surface area contributed by atoms with E-state index in [-0.39, 0.29) is 0 Å². The Labute approximate surface area is 92.6 Å². The molecule has 0 amide bonds. The summed E-state index contributed by atoms with van der Waals surface area (Å²) < 4.78 is 16.0. The highest BCUT2D eigenvalue weighted by Crippen LogP contribution is 2.10. The van der Waals surface area contributed by atoms with Crippen molar-refractivity contribution in [1.29, 1.82) is 0 Å². The van der Waals surface area contributed by atoms with Gasteiger partial charge < -0.3 is 13.9 Å². The molecule has 0 heterocycles. The van der Waals surface area contributed by atoms with E-state index in [4.69, 9.17) is 13.9 Å². The topological polar surface area (TPSA) is 27.7 Å². The summed E-state index contributed by atoms with van der Waals surface area (Å²) in [6.45, 7) is 1.88. The summed E-state index contributed by atoms with van der Waals surface area (Å²) in [4.78, 5) is 0. The standard InChI is InChI=1S/C11H16O3Si/c1-9(12-2)11(13-3)15-14-10-7-5-4-6-8-10/h4-8H,15H2,1-3H3. The maximum atomic E-state index is 5.66. The third kappa shape index (κ3) is 3.67. The molecule has 1 aromatic carbocycles. The van der Waals surface area contributed by atoms with Crippen molar-refractivity contribution >= 4 is 9.76 Å². The van der Waals surface area contributed by atoms with Crippen LogP contribution < -0.4 is 4.43 Å². The number of para-hydroxylation sites is 1. The van der Waals surface area contributed by atoms with Gasteiger partial charge in [0.2, 0.25) is 0 Å². The van der Waals surface area contributed by atoms with Crippen LogP contribution in [0.1, 0.15) is 6.92 Å². The van der Waals surface area contributed by atoms with E-state index in [1.165, 1.54) is 0 Å². The van der Waals surface area contributed by atoms with E-state index in [0.29, 0.717) is 0 Å². The van der Waals surface area contributed by atoms with Gasteiger partial charge in [0.15, 0.2) is 0 Å². The SMILES string of the molecule is COC(C)=C(OC)[SiH2]Oc1ccccc1. The molecule has 0 radical (unpaired) electrons. The van der Waals surface area contributed by atoms with Crippen molar-refractivity contribution in [2.45, 2.75) is 6.92 Å². The fraction of sp³-hybridized carbons (Fsp3) is 0.273. The van der Waals surface area contributed by atoms with E-state index in [0.717, 1.165) is 16.9 Å². The minimum absolute atomic E-state index is 0.792. The second kappa shape index (κ2) is 6.13. The molecular formula is C11H16O3Si. The van der Waals surface area contributed by atoms with Crippen LogP contribution in [0.2, 0.25) is 0 Å². The molecule has 0 aliphatic heterocycles. The van der Waals surface area contributed by atoms with Crippen LogP contribution >= 0.6 is 0 Å². The molecule has 82 valence electrons. The molecule has 0 N–H and O–H groups in total. The molecule has 0 aliphatic rings. The summed E-state index contributed by atoms with van der Waals surface area (Å²) in [5.41, 5.74) is 0. The quantitative estimate of drug-likeness (QED) is 0.562. The Bertz CT molecular complexity index is 322. The van der Waals surface area contributed by atoms with Gasteiger partial charge >= 0.3 is 0 Å². The summed E-state index contributed by atoms with van der Waals surface area (Å²) in [7, 11) is 2.37. The number of hydrogen-bond donors (Lipinski definition) is 0. The average molecular weight is 224 g/mol. The molecule has 0 atom stereocenters. The lowest BCUT2D eigenvalue weighted by Crippen LogP contribution is -2.10. The third-order valence-corrected chi connectivity index (χ3v) is 3.58. The number of allylic oxidation sites excluding steroid dienone is 1. The summed E-state index contributed by atoms with van der Waals surface area (Å²) in [6, 6.07) is 9.72. The van der Waals surface area contributed by atoms with Gasteiger partial charge in [0.05, 0.1) is 14.2 Å². The first kappa shape index (κ1) is 11.7. The number of methoxy groups -OCH3 is 2. The highest BCUT2D eigenvalue weighted by atomic mass is 28.2. The van der Waals surface area contributed by atoms with Crippen LogP contribution in [0.5, 0.6) is 5.75 Å². The Morgan fingerprint density at radius 1 is 1.07 bits per heavy atom. The van der Waals surface area contributed by atoms with Crippen molar-refractivity contribution in [2.24, 2.45) is 0 Å². The molecule has 0 saturated heterocycles. The molecule has 0 aromatic heterocycles. The fourth-order valence-electron chi connectivity index (χ4n) is 1.08. The molecule has 15 heavy (non-hydrogen) atoms. The zero-order valence-electron chi connectivity index (χ0n) is 9.32. The highest BCUT2D eigenvalue weighted by Gasteiger charge is 2.05. The van der Waals surface area contributed by atoms with Gasteiger partial charge in [-0.05, 0) is 19.1 Å². The van der Waals surface area contributed by atoms with Gasteiger partial charge in [-0.3, -0.25) is 0 Å². The Morgan fingerprint density at radius 3 is 2.27 bits per heavy atom. The van der Waals surface area contributed by atoms with Gasteiger partial charge in [-0.2, -0.15) is 0 Å². The summed E-state index contributed by atoms with van der Waals surface area (Å²) >= 11 is 0. The Kier molecular flexibility index (Phi) is 4.76. The lowest BCUT2D eigenvalue weighted by molar-refractivity contribution is 0.237. The average Bonchev–Trinajstić information content (AvgIpc) is 2.31. The van der Waals surface area contributed by atoms with Gasteiger partial charge in [-0.1, -0.05) is 18.2 Å². The molecular weight excluding hydrogens is 208 g/mol. The third-order valence-electron chi connectivity index (χ3n) is 2.06. The van der Waals surface area contributed by atoms with Gasteiger partial charge in [0, 0.05) is 0 Å². The molecule has 4 heteroatoms. The monoisotopic (exact) mass is 224 g/mol. The molecule has 0 fully saturated rings. The first-order valence-corrected chi connectivity index (χ1v) is 6.02. The molecule has 0 unspecified atom stereocenters. The Morgan fingerprint density at radius 2 is 1.73 bits per heavy atom. The summed E-state index contributed by atoms with van der Waals surface area (Å²) in [5, 5.41) is 0.835. The predicted molar refractivity (Wildman–Crippen MR) is 62.3 cm³/mol. The van der Waals surface area contributed by atoms with Gasteiger partial charge in [-0.25, -0.2) is 0 Å².